The molecule has 2 saturated carbocycles. The van der Waals surface area contributed by atoms with E-state index in [2.05, 4.69) is 18.2 Å². The highest BCUT2D eigenvalue weighted by molar-refractivity contribution is 5.36. The van der Waals surface area contributed by atoms with Crippen molar-refractivity contribution < 1.29 is 4.74 Å². The Morgan fingerprint density at radius 3 is 2.70 bits per heavy atom. The van der Waals surface area contributed by atoms with Gasteiger partial charge in [-0.05, 0) is 92.2 Å². The van der Waals surface area contributed by atoms with Gasteiger partial charge in [0.25, 0.3) is 0 Å². The third-order valence-corrected chi connectivity index (χ3v) is 6.23. The zero-order chi connectivity index (χ0) is 15.6. The van der Waals surface area contributed by atoms with Crippen molar-refractivity contribution in [3.05, 3.63) is 34.9 Å². The van der Waals surface area contributed by atoms with Gasteiger partial charge in [-0.15, -0.1) is 0 Å². The zero-order valence-electron chi connectivity index (χ0n) is 14.3. The van der Waals surface area contributed by atoms with E-state index in [1.807, 2.05) is 0 Å². The van der Waals surface area contributed by atoms with Gasteiger partial charge < -0.3 is 10.5 Å². The molecule has 0 saturated heterocycles. The fourth-order valence-corrected chi connectivity index (χ4v) is 4.45. The summed E-state index contributed by atoms with van der Waals surface area (Å²) in [5, 5.41) is 0. The summed E-state index contributed by atoms with van der Waals surface area (Å²) in [6, 6.07) is 7.72. The van der Waals surface area contributed by atoms with Crippen LogP contribution in [0.1, 0.15) is 67.6 Å². The lowest BCUT2D eigenvalue weighted by Crippen LogP contribution is -2.17. The maximum absolute atomic E-state index is 6.09. The Hall–Kier alpha value is -0.860. The molecule has 1 aromatic rings. The molecule has 2 unspecified atom stereocenters. The van der Waals surface area contributed by atoms with Crippen LogP contribution in [0.5, 0.6) is 0 Å². The van der Waals surface area contributed by atoms with E-state index < -0.39 is 0 Å². The first-order chi connectivity index (χ1) is 11.3. The predicted molar refractivity (Wildman–Crippen MR) is 94.7 cm³/mol. The molecule has 3 aliphatic carbocycles. The topological polar surface area (TPSA) is 35.2 Å². The quantitative estimate of drug-likeness (QED) is 0.799. The first-order valence-corrected chi connectivity index (χ1v) is 9.73. The second-order valence-corrected chi connectivity index (χ2v) is 8.21. The van der Waals surface area contributed by atoms with Crippen molar-refractivity contribution in [1.29, 1.82) is 0 Å². The lowest BCUT2D eigenvalue weighted by molar-refractivity contribution is 0.109. The summed E-state index contributed by atoms with van der Waals surface area (Å²) < 4.78 is 5.83. The third-order valence-electron chi connectivity index (χ3n) is 6.23. The highest BCUT2D eigenvalue weighted by atomic mass is 16.5. The van der Waals surface area contributed by atoms with Gasteiger partial charge in [-0.3, -0.25) is 0 Å². The van der Waals surface area contributed by atoms with Crippen LogP contribution in [0.15, 0.2) is 18.2 Å². The number of rotatable bonds is 6. The number of ether oxygens (including phenoxy) is 1. The molecule has 2 N–H and O–H groups in total. The van der Waals surface area contributed by atoms with E-state index in [1.165, 1.54) is 57.8 Å². The molecule has 23 heavy (non-hydrogen) atoms. The maximum Gasteiger partial charge on any atom is 0.0494 e. The second kappa shape index (κ2) is 6.94. The number of hydrogen-bond donors (Lipinski definition) is 1. The fraction of sp³-hybridized carbons (Fsp3) is 0.714. The Balaban J connectivity index is 1.30. The molecule has 2 fully saturated rings. The SMILES string of the molecule is NC1CCC(c2ccc3c(c2)CC[C@H](CCOCC2CC2)C3)C1. The molecule has 4 rings (SSSR count). The summed E-state index contributed by atoms with van der Waals surface area (Å²) >= 11 is 0. The van der Waals surface area contributed by atoms with Gasteiger partial charge >= 0.3 is 0 Å². The van der Waals surface area contributed by atoms with Gasteiger partial charge in [0.1, 0.15) is 0 Å². The monoisotopic (exact) mass is 313 g/mol. The zero-order valence-corrected chi connectivity index (χ0v) is 14.3. The molecule has 0 spiro atoms. The highest BCUT2D eigenvalue weighted by Crippen LogP contribution is 2.36. The highest BCUT2D eigenvalue weighted by Gasteiger charge is 2.25. The van der Waals surface area contributed by atoms with Gasteiger partial charge in [0.2, 0.25) is 0 Å². The van der Waals surface area contributed by atoms with E-state index in [4.69, 9.17) is 10.5 Å². The molecule has 2 heteroatoms. The van der Waals surface area contributed by atoms with Crippen molar-refractivity contribution in [3.63, 3.8) is 0 Å². The van der Waals surface area contributed by atoms with Crippen LogP contribution in [-0.4, -0.2) is 19.3 Å². The van der Waals surface area contributed by atoms with Gasteiger partial charge in [-0.25, -0.2) is 0 Å². The predicted octanol–water partition coefficient (Wildman–Crippen LogP) is 4.20. The molecule has 126 valence electrons. The Morgan fingerprint density at radius 1 is 1.00 bits per heavy atom. The van der Waals surface area contributed by atoms with Crippen LogP contribution >= 0.6 is 0 Å². The van der Waals surface area contributed by atoms with Gasteiger partial charge in [0.15, 0.2) is 0 Å². The lowest BCUT2D eigenvalue weighted by Gasteiger charge is -2.26. The number of nitrogens with two attached hydrogens (primary N) is 1. The van der Waals surface area contributed by atoms with E-state index in [9.17, 15) is 0 Å². The summed E-state index contributed by atoms with van der Waals surface area (Å²) in [6.45, 7) is 1.98. The molecular weight excluding hydrogens is 282 g/mol. The van der Waals surface area contributed by atoms with Crippen LogP contribution in [-0.2, 0) is 17.6 Å². The van der Waals surface area contributed by atoms with Gasteiger partial charge in [0, 0.05) is 19.3 Å². The smallest absolute Gasteiger partial charge is 0.0494 e. The van der Waals surface area contributed by atoms with Crippen LogP contribution in [0.25, 0.3) is 0 Å². The summed E-state index contributed by atoms with van der Waals surface area (Å²) in [7, 11) is 0. The van der Waals surface area contributed by atoms with E-state index >= 15 is 0 Å². The number of benzene rings is 1. The standard InChI is InChI=1S/C21H31NO/c22-21-8-7-20(13-21)19-6-5-17-11-15(3-4-18(17)12-19)9-10-23-14-16-1-2-16/h5-6,12,15-16,20-21H,1-4,7-11,13-14,22H2/t15-,20?,21?/m1/s1. The average Bonchev–Trinajstić information content (AvgIpc) is 3.30. The Morgan fingerprint density at radius 2 is 1.91 bits per heavy atom. The summed E-state index contributed by atoms with van der Waals surface area (Å²) in [6.07, 6.45) is 11.5. The molecule has 1 aromatic carbocycles. The van der Waals surface area contributed by atoms with Crippen LogP contribution in [0.2, 0.25) is 0 Å². The number of fused-ring (bicyclic) bond motifs is 1. The largest absolute Gasteiger partial charge is 0.381 e. The minimum atomic E-state index is 0.427. The molecular formula is C21H31NO. The fourth-order valence-electron chi connectivity index (χ4n) is 4.45. The van der Waals surface area contributed by atoms with Crippen LogP contribution < -0.4 is 5.73 Å². The van der Waals surface area contributed by atoms with Gasteiger partial charge in [-0.1, -0.05) is 18.2 Å². The number of aryl methyl sites for hydroxylation is 1. The molecule has 0 aromatic heterocycles. The van der Waals surface area contributed by atoms with E-state index in [-0.39, 0.29) is 0 Å². The average molecular weight is 313 g/mol. The van der Waals surface area contributed by atoms with Crippen LogP contribution in [0, 0.1) is 11.8 Å². The Bertz CT molecular complexity index is 537. The molecule has 0 bridgehead atoms. The summed E-state index contributed by atoms with van der Waals surface area (Å²) in [4.78, 5) is 0. The Kier molecular flexibility index (Phi) is 4.73. The summed E-state index contributed by atoms with van der Waals surface area (Å²) in [5.74, 6) is 2.43. The van der Waals surface area contributed by atoms with Crippen molar-refractivity contribution in [1.82, 2.24) is 0 Å². The van der Waals surface area contributed by atoms with E-state index in [0.29, 0.717) is 12.0 Å². The lowest BCUT2D eigenvalue weighted by atomic mass is 9.80. The minimum absolute atomic E-state index is 0.427. The van der Waals surface area contributed by atoms with Crippen molar-refractivity contribution in [2.45, 2.75) is 69.7 Å². The first kappa shape index (κ1) is 15.7. The van der Waals surface area contributed by atoms with Crippen LogP contribution in [0.3, 0.4) is 0 Å². The van der Waals surface area contributed by atoms with Gasteiger partial charge in [0.05, 0.1) is 0 Å². The van der Waals surface area contributed by atoms with Crippen molar-refractivity contribution in [2.75, 3.05) is 13.2 Å². The molecule has 0 heterocycles. The first-order valence-electron chi connectivity index (χ1n) is 9.73. The molecule has 3 atom stereocenters. The van der Waals surface area contributed by atoms with Crippen LogP contribution in [0.4, 0.5) is 0 Å². The minimum Gasteiger partial charge on any atom is -0.381 e. The van der Waals surface area contributed by atoms with Crippen molar-refractivity contribution in [3.8, 4) is 0 Å². The van der Waals surface area contributed by atoms with E-state index in [0.717, 1.165) is 25.0 Å². The second-order valence-electron chi connectivity index (χ2n) is 8.21. The number of hydrogen-bond acceptors (Lipinski definition) is 2. The summed E-state index contributed by atoms with van der Waals surface area (Å²) in [5.41, 5.74) is 10.8. The molecule has 0 radical (unpaired) electrons. The Labute approximate surface area is 140 Å². The van der Waals surface area contributed by atoms with Crippen molar-refractivity contribution in [2.24, 2.45) is 17.6 Å². The normalized spacial score (nSPS) is 30.4. The molecule has 0 amide bonds. The molecule has 3 aliphatic rings. The molecule has 0 aliphatic heterocycles. The van der Waals surface area contributed by atoms with Gasteiger partial charge in [-0.2, -0.15) is 0 Å². The van der Waals surface area contributed by atoms with Crippen molar-refractivity contribution >= 4 is 0 Å². The third kappa shape index (κ3) is 3.97. The molecule has 2 nitrogen and oxygen atoms in total. The maximum atomic E-state index is 6.09. The van der Waals surface area contributed by atoms with E-state index in [1.54, 1.807) is 16.7 Å².